The van der Waals surface area contributed by atoms with Crippen molar-refractivity contribution in [2.75, 3.05) is 0 Å². The molecule has 25 heavy (non-hydrogen) atoms. The Morgan fingerprint density at radius 2 is 1.48 bits per heavy atom. The van der Waals surface area contributed by atoms with Crippen molar-refractivity contribution in [3.63, 3.8) is 0 Å². The quantitative estimate of drug-likeness (QED) is 0.513. The van der Waals surface area contributed by atoms with Gasteiger partial charge in [0.15, 0.2) is 5.78 Å². The summed E-state index contributed by atoms with van der Waals surface area (Å²) in [5, 5.41) is 0. The zero-order chi connectivity index (χ0) is 17.2. The van der Waals surface area contributed by atoms with E-state index in [1.165, 1.54) is 0 Å². The summed E-state index contributed by atoms with van der Waals surface area (Å²) >= 11 is 0. The number of hydrogen-bond acceptors (Lipinski definition) is 2. The summed E-state index contributed by atoms with van der Waals surface area (Å²) in [5.74, 6) is 1.04. The number of carbonyl (C=O) groups is 1. The van der Waals surface area contributed by atoms with E-state index in [1.54, 1.807) is 0 Å². The van der Waals surface area contributed by atoms with E-state index in [0.717, 1.165) is 29.0 Å². The van der Waals surface area contributed by atoms with Crippen molar-refractivity contribution in [2.24, 2.45) is 0 Å². The lowest BCUT2D eigenvalue weighted by Gasteiger charge is -2.08. The van der Waals surface area contributed by atoms with Crippen molar-refractivity contribution in [1.82, 2.24) is 9.55 Å². The van der Waals surface area contributed by atoms with Crippen LogP contribution < -0.4 is 0 Å². The van der Waals surface area contributed by atoms with Gasteiger partial charge in [0.2, 0.25) is 0 Å². The lowest BCUT2D eigenvalue weighted by atomic mass is 10.0. The molecule has 0 bridgehead atoms. The van der Waals surface area contributed by atoms with Gasteiger partial charge in [0.05, 0.1) is 11.0 Å². The lowest BCUT2D eigenvalue weighted by Crippen LogP contribution is -2.04. The molecule has 0 aliphatic rings. The predicted molar refractivity (Wildman–Crippen MR) is 99.9 cm³/mol. The molecule has 0 saturated heterocycles. The molecule has 0 fully saturated rings. The number of rotatable bonds is 4. The number of benzene rings is 3. The van der Waals surface area contributed by atoms with Crippen LogP contribution in [0.3, 0.4) is 0 Å². The minimum atomic E-state index is 0.0522. The van der Waals surface area contributed by atoms with E-state index in [1.807, 2.05) is 79.7 Å². The molecule has 0 aliphatic carbocycles. The Labute approximate surface area is 146 Å². The van der Waals surface area contributed by atoms with Crippen LogP contribution in [0.2, 0.25) is 0 Å². The van der Waals surface area contributed by atoms with Crippen LogP contribution in [0.25, 0.3) is 11.0 Å². The highest BCUT2D eigenvalue weighted by Gasteiger charge is 2.10. The van der Waals surface area contributed by atoms with Crippen LogP contribution in [0.5, 0.6) is 0 Å². The van der Waals surface area contributed by atoms with Gasteiger partial charge in [-0.3, -0.25) is 4.79 Å². The van der Waals surface area contributed by atoms with E-state index >= 15 is 0 Å². The molecule has 122 valence electrons. The van der Waals surface area contributed by atoms with E-state index in [9.17, 15) is 4.79 Å². The van der Waals surface area contributed by atoms with Gasteiger partial charge in [0.25, 0.3) is 0 Å². The summed E-state index contributed by atoms with van der Waals surface area (Å²) in [7, 11) is 0. The van der Waals surface area contributed by atoms with Crippen molar-refractivity contribution in [2.45, 2.75) is 13.5 Å². The molecule has 4 rings (SSSR count). The maximum atomic E-state index is 12.5. The van der Waals surface area contributed by atoms with Crippen LogP contribution in [-0.4, -0.2) is 15.3 Å². The lowest BCUT2D eigenvalue weighted by molar-refractivity contribution is 0.103. The van der Waals surface area contributed by atoms with Crippen LogP contribution in [0, 0.1) is 6.92 Å². The van der Waals surface area contributed by atoms with Crippen LogP contribution >= 0.6 is 0 Å². The molecule has 0 amide bonds. The van der Waals surface area contributed by atoms with E-state index in [-0.39, 0.29) is 5.78 Å². The molecule has 0 saturated carbocycles. The topological polar surface area (TPSA) is 34.9 Å². The second-order valence-corrected chi connectivity index (χ2v) is 6.13. The van der Waals surface area contributed by atoms with Gasteiger partial charge in [0, 0.05) is 17.7 Å². The number of aromatic nitrogens is 2. The van der Waals surface area contributed by atoms with Gasteiger partial charge < -0.3 is 4.57 Å². The second kappa shape index (κ2) is 6.36. The minimum absolute atomic E-state index is 0.0522. The SMILES string of the molecule is Cc1nc2ccccc2n1Cc1ccc(C(=O)c2ccccc2)cc1. The minimum Gasteiger partial charge on any atom is -0.324 e. The highest BCUT2D eigenvalue weighted by atomic mass is 16.1. The third kappa shape index (κ3) is 2.96. The molecule has 1 aromatic heterocycles. The normalized spacial score (nSPS) is 10.9. The van der Waals surface area contributed by atoms with Crippen molar-refractivity contribution in [3.8, 4) is 0 Å². The fourth-order valence-corrected chi connectivity index (χ4v) is 3.10. The molecular formula is C22H18N2O. The van der Waals surface area contributed by atoms with Gasteiger partial charge in [-0.25, -0.2) is 4.98 Å². The maximum absolute atomic E-state index is 12.5. The van der Waals surface area contributed by atoms with Crippen molar-refractivity contribution >= 4 is 16.8 Å². The average Bonchev–Trinajstić information content (AvgIpc) is 2.98. The first-order chi connectivity index (χ1) is 12.2. The number of para-hydroxylation sites is 2. The largest absolute Gasteiger partial charge is 0.324 e. The standard InChI is InChI=1S/C22H18N2O/c1-16-23-20-9-5-6-10-21(20)24(16)15-17-11-13-19(14-12-17)22(25)18-7-3-2-4-8-18/h2-14H,15H2,1H3. The average molecular weight is 326 g/mol. The number of hydrogen-bond donors (Lipinski definition) is 0. The third-order valence-electron chi connectivity index (χ3n) is 4.44. The molecule has 1 heterocycles. The highest BCUT2D eigenvalue weighted by molar-refractivity contribution is 6.08. The molecule has 0 spiro atoms. The van der Waals surface area contributed by atoms with Gasteiger partial charge in [-0.1, -0.05) is 66.7 Å². The van der Waals surface area contributed by atoms with Gasteiger partial charge in [-0.15, -0.1) is 0 Å². The van der Waals surface area contributed by atoms with E-state index in [0.29, 0.717) is 11.1 Å². The zero-order valence-electron chi connectivity index (χ0n) is 14.0. The Kier molecular flexibility index (Phi) is 3.90. The summed E-state index contributed by atoms with van der Waals surface area (Å²) in [6.45, 7) is 2.76. The van der Waals surface area contributed by atoms with E-state index in [4.69, 9.17) is 0 Å². The zero-order valence-corrected chi connectivity index (χ0v) is 14.0. The molecule has 0 N–H and O–H groups in total. The first-order valence-electron chi connectivity index (χ1n) is 8.33. The predicted octanol–water partition coefficient (Wildman–Crippen LogP) is 4.62. The van der Waals surface area contributed by atoms with Crippen molar-refractivity contribution < 1.29 is 4.79 Å². The molecule has 4 aromatic rings. The van der Waals surface area contributed by atoms with Crippen LogP contribution in [0.1, 0.15) is 27.3 Å². The fourth-order valence-electron chi connectivity index (χ4n) is 3.10. The van der Waals surface area contributed by atoms with Crippen LogP contribution in [0.4, 0.5) is 0 Å². The first kappa shape index (κ1) is 15.3. The number of fused-ring (bicyclic) bond motifs is 1. The number of nitrogens with zero attached hydrogens (tertiary/aromatic N) is 2. The van der Waals surface area contributed by atoms with Gasteiger partial charge >= 0.3 is 0 Å². The molecule has 0 atom stereocenters. The summed E-state index contributed by atoms with van der Waals surface area (Å²) in [5.41, 5.74) is 4.71. The third-order valence-corrected chi connectivity index (χ3v) is 4.44. The Morgan fingerprint density at radius 3 is 2.24 bits per heavy atom. The van der Waals surface area contributed by atoms with E-state index < -0.39 is 0 Å². The van der Waals surface area contributed by atoms with E-state index in [2.05, 4.69) is 15.6 Å². The van der Waals surface area contributed by atoms with Crippen molar-refractivity contribution in [1.29, 1.82) is 0 Å². The summed E-state index contributed by atoms with van der Waals surface area (Å²) < 4.78 is 2.20. The Bertz CT molecular complexity index is 1030. The first-order valence-corrected chi connectivity index (χ1v) is 8.33. The molecule has 0 unspecified atom stereocenters. The van der Waals surface area contributed by atoms with Gasteiger partial charge in [-0.2, -0.15) is 0 Å². The molecule has 0 aliphatic heterocycles. The fraction of sp³-hybridized carbons (Fsp3) is 0.0909. The molecule has 0 radical (unpaired) electrons. The van der Waals surface area contributed by atoms with Gasteiger partial charge in [-0.05, 0) is 24.6 Å². The Balaban J connectivity index is 1.60. The van der Waals surface area contributed by atoms with Crippen molar-refractivity contribution in [3.05, 3.63) is 101 Å². The summed E-state index contributed by atoms with van der Waals surface area (Å²) in [6.07, 6.45) is 0. The Hall–Kier alpha value is -3.20. The number of carbonyl (C=O) groups excluding carboxylic acids is 1. The van der Waals surface area contributed by atoms with Crippen LogP contribution in [0.15, 0.2) is 78.9 Å². The number of aryl methyl sites for hydroxylation is 1. The molecule has 3 nitrogen and oxygen atoms in total. The highest BCUT2D eigenvalue weighted by Crippen LogP contribution is 2.18. The van der Waals surface area contributed by atoms with Crippen LogP contribution in [-0.2, 0) is 6.54 Å². The number of ketones is 1. The molecular weight excluding hydrogens is 308 g/mol. The number of imidazole rings is 1. The molecule has 3 heteroatoms. The smallest absolute Gasteiger partial charge is 0.193 e. The van der Waals surface area contributed by atoms with Gasteiger partial charge in [0.1, 0.15) is 5.82 Å². The maximum Gasteiger partial charge on any atom is 0.193 e. The monoisotopic (exact) mass is 326 g/mol. The Morgan fingerprint density at radius 1 is 0.840 bits per heavy atom. The summed E-state index contributed by atoms with van der Waals surface area (Å²) in [6, 6.07) is 25.4. The second-order valence-electron chi connectivity index (χ2n) is 6.13. The molecule has 3 aromatic carbocycles. The summed E-state index contributed by atoms with van der Waals surface area (Å²) in [4.78, 5) is 17.1.